The van der Waals surface area contributed by atoms with Crippen LogP contribution >= 0.6 is 22.4 Å². The third-order valence-corrected chi connectivity index (χ3v) is 6.19. The summed E-state index contributed by atoms with van der Waals surface area (Å²) in [5.74, 6) is -0.643. The molecule has 4 nitrogen and oxygen atoms in total. The summed E-state index contributed by atoms with van der Waals surface area (Å²) in [5, 5.41) is 0. The summed E-state index contributed by atoms with van der Waals surface area (Å²) in [5.41, 5.74) is -5.41. The van der Waals surface area contributed by atoms with Crippen LogP contribution in [0.3, 0.4) is 0 Å². The van der Waals surface area contributed by atoms with E-state index in [9.17, 15) is 30.0 Å². The Kier molecular flexibility index (Phi) is 5.39. The van der Waals surface area contributed by atoms with E-state index in [0.29, 0.717) is 11.8 Å². The topological polar surface area (TPSA) is 68.3 Å². The second-order valence-electron chi connectivity index (χ2n) is 3.49. The zero-order valence-corrected chi connectivity index (χ0v) is 12.8. The van der Waals surface area contributed by atoms with Crippen LogP contribution in [0.5, 0.6) is 0 Å². The third-order valence-electron chi connectivity index (χ3n) is 2.03. The minimum atomic E-state index is -5.48. The number of rotatable bonds is 5. The van der Waals surface area contributed by atoms with Gasteiger partial charge in [0.15, 0.2) is 0 Å². The molecule has 0 fully saturated rings. The van der Waals surface area contributed by atoms with Gasteiger partial charge < -0.3 is 0 Å². The van der Waals surface area contributed by atoms with Gasteiger partial charge in [-0.25, -0.2) is 16.8 Å². The highest BCUT2D eigenvalue weighted by molar-refractivity contribution is 8.14. The van der Waals surface area contributed by atoms with Crippen molar-refractivity contribution in [2.45, 2.75) is 15.3 Å². The molecular weight excluding hydrogens is 361 g/mol. The van der Waals surface area contributed by atoms with Gasteiger partial charge in [0.1, 0.15) is 0 Å². The highest BCUT2D eigenvalue weighted by Crippen LogP contribution is 2.35. The standard InChI is InChI=1S/C9H8ClF3O4S3/c10-19(14,15)6-5-18-7-3-1-2-4-8(7)20(16,17)9(11,12)13/h1-4H,5-6H2. The first-order valence-corrected chi connectivity index (χ1v) is 9.85. The first-order chi connectivity index (χ1) is 8.95. The monoisotopic (exact) mass is 368 g/mol. The molecule has 0 saturated heterocycles. The molecule has 0 aromatic heterocycles. The van der Waals surface area contributed by atoms with Crippen LogP contribution in [-0.2, 0) is 18.9 Å². The lowest BCUT2D eigenvalue weighted by Crippen LogP contribution is -2.23. The molecule has 0 bridgehead atoms. The molecule has 0 aliphatic rings. The lowest BCUT2D eigenvalue weighted by molar-refractivity contribution is -0.0437. The molecule has 0 saturated carbocycles. The van der Waals surface area contributed by atoms with E-state index in [0.717, 1.165) is 12.1 Å². The van der Waals surface area contributed by atoms with Crippen LogP contribution in [-0.4, -0.2) is 33.8 Å². The molecule has 0 radical (unpaired) electrons. The van der Waals surface area contributed by atoms with Crippen molar-refractivity contribution in [3.05, 3.63) is 24.3 Å². The largest absolute Gasteiger partial charge is 0.501 e. The van der Waals surface area contributed by atoms with Crippen molar-refractivity contribution < 1.29 is 30.0 Å². The lowest BCUT2D eigenvalue weighted by atomic mass is 10.4. The Morgan fingerprint density at radius 3 is 2.15 bits per heavy atom. The van der Waals surface area contributed by atoms with Gasteiger partial charge in [0, 0.05) is 21.3 Å². The van der Waals surface area contributed by atoms with Crippen molar-refractivity contribution >= 4 is 41.3 Å². The molecule has 0 aliphatic carbocycles. The maximum atomic E-state index is 12.5. The highest BCUT2D eigenvalue weighted by atomic mass is 35.7. The van der Waals surface area contributed by atoms with E-state index >= 15 is 0 Å². The molecule has 0 spiro atoms. The van der Waals surface area contributed by atoms with E-state index in [1.54, 1.807) is 0 Å². The van der Waals surface area contributed by atoms with Crippen molar-refractivity contribution in [1.82, 2.24) is 0 Å². The molecule has 0 atom stereocenters. The Balaban J connectivity index is 3.07. The van der Waals surface area contributed by atoms with E-state index in [4.69, 9.17) is 10.7 Å². The number of sulfone groups is 1. The molecule has 1 rings (SSSR count). The van der Waals surface area contributed by atoms with E-state index in [2.05, 4.69) is 0 Å². The molecule has 114 valence electrons. The Hall–Kier alpha value is -0.450. The maximum absolute atomic E-state index is 12.5. The highest BCUT2D eigenvalue weighted by Gasteiger charge is 2.47. The van der Waals surface area contributed by atoms with Gasteiger partial charge in [-0.05, 0) is 12.1 Å². The second-order valence-corrected chi connectivity index (χ2v) is 9.43. The molecule has 0 amide bonds. The fourth-order valence-corrected chi connectivity index (χ4v) is 4.81. The fourth-order valence-electron chi connectivity index (χ4n) is 1.17. The average molecular weight is 369 g/mol. The molecule has 11 heteroatoms. The van der Waals surface area contributed by atoms with Gasteiger partial charge in [0.2, 0.25) is 9.05 Å². The van der Waals surface area contributed by atoms with Crippen molar-refractivity contribution in [3.63, 3.8) is 0 Å². The van der Waals surface area contributed by atoms with E-state index in [1.807, 2.05) is 0 Å². The summed E-state index contributed by atoms with van der Waals surface area (Å²) in [4.78, 5) is -1.07. The zero-order valence-electron chi connectivity index (χ0n) is 9.59. The number of alkyl halides is 3. The predicted molar refractivity (Wildman–Crippen MR) is 70.0 cm³/mol. The van der Waals surface area contributed by atoms with Gasteiger partial charge in [-0.15, -0.1) is 11.8 Å². The minimum Gasteiger partial charge on any atom is -0.214 e. The number of thioether (sulfide) groups is 1. The summed E-state index contributed by atoms with van der Waals surface area (Å²) in [6.07, 6.45) is 0. The van der Waals surface area contributed by atoms with Crippen molar-refractivity contribution in [3.8, 4) is 0 Å². The van der Waals surface area contributed by atoms with Crippen LogP contribution in [0.25, 0.3) is 0 Å². The molecule has 0 unspecified atom stereocenters. The maximum Gasteiger partial charge on any atom is 0.501 e. The molecule has 0 heterocycles. The van der Waals surface area contributed by atoms with Gasteiger partial charge in [-0.3, -0.25) is 0 Å². The number of benzene rings is 1. The van der Waals surface area contributed by atoms with Crippen LogP contribution < -0.4 is 0 Å². The summed E-state index contributed by atoms with van der Waals surface area (Å²) in [6, 6.07) is 4.50. The van der Waals surface area contributed by atoms with Crippen LogP contribution in [0.15, 0.2) is 34.1 Å². The first-order valence-electron chi connectivity index (χ1n) is 4.90. The molecule has 20 heavy (non-hydrogen) atoms. The molecule has 0 N–H and O–H groups in total. The van der Waals surface area contributed by atoms with Gasteiger partial charge in [-0.1, -0.05) is 12.1 Å². The van der Waals surface area contributed by atoms with Crippen molar-refractivity contribution in [2.75, 3.05) is 11.5 Å². The summed E-state index contributed by atoms with van der Waals surface area (Å²) in [6.45, 7) is 0. The summed E-state index contributed by atoms with van der Waals surface area (Å²) < 4.78 is 81.6. The third kappa shape index (κ3) is 4.54. The zero-order chi connectivity index (χ0) is 15.6. The Morgan fingerprint density at radius 2 is 1.65 bits per heavy atom. The Morgan fingerprint density at radius 1 is 1.10 bits per heavy atom. The lowest BCUT2D eigenvalue weighted by Gasteiger charge is -2.11. The Bertz CT molecular complexity index is 683. The molecule has 0 aliphatic heterocycles. The van der Waals surface area contributed by atoms with Crippen LogP contribution in [0.4, 0.5) is 13.2 Å². The molecular formula is C9H8ClF3O4S3. The second kappa shape index (κ2) is 6.12. The van der Waals surface area contributed by atoms with Crippen molar-refractivity contribution in [1.29, 1.82) is 0 Å². The summed E-state index contributed by atoms with van der Waals surface area (Å²) >= 11 is 0.674. The average Bonchev–Trinajstić information content (AvgIpc) is 2.26. The van der Waals surface area contributed by atoms with E-state index < -0.39 is 35.0 Å². The quantitative estimate of drug-likeness (QED) is 0.590. The molecule has 1 aromatic carbocycles. The molecule has 1 aromatic rings. The number of halogens is 4. The minimum absolute atomic E-state index is 0.157. The van der Waals surface area contributed by atoms with E-state index in [-0.39, 0.29) is 10.6 Å². The van der Waals surface area contributed by atoms with Gasteiger partial charge >= 0.3 is 5.51 Å². The van der Waals surface area contributed by atoms with Crippen LogP contribution in [0.2, 0.25) is 0 Å². The van der Waals surface area contributed by atoms with Gasteiger partial charge in [0.25, 0.3) is 9.84 Å². The summed E-state index contributed by atoms with van der Waals surface area (Å²) in [7, 11) is -4.31. The first kappa shape index (κ1) is 17.6. The normalized spacial score (nSPS) is 13.4. The van der Waals surface area contributed by atoms with E-state index in [1.165, 1.54) is 12.1 Å². The SMILES string of the molecule is O=S(=O)(Cl)CCSc1ccccc1S(=O)(=O)C(F)(F)F. The fraction of sp³-hybridized carbons (Fsp3) is 0.333. The number of hydrogen-bond acceptors (Lipinski definition) is 5. The van der Waals surface area contributed by atoms with Gasteiger partial charge in [-0.2, -0.15) is 13.2 Å². The smallest absolute Gasteiger partial charge is 0.214 e. The predicted octanol–water partition coefficient (Wildman–Crippen LogP) is 2.64. The van der Waals surface area contributed by atoms with Crippen LogP contribution in [0.1, 0.15) is 0 Å². The van der Waals surface area contributed by atoms with Gasteiger partial charge in [0.05, 0.1) is 10.6 Å². The Labute approximate surface area is 122 Å². The van der Waals surface area contributed by atoms with Crippen LogP contribution in [0, 0.1) is 0 Å². The number of hydrogen-bond donors (Lipinski definition) is 0. The van der Waals surface area contributed by atoms with Crippen molar-refractivity contribution in [2.24, 2.45) is 0 Å².